The highest BCUT2D eigenvalue weighted by Gasteiger charge is 2.22. The predicted molar refractivity (Wildman–Crippen MR) is 106 cm³/mol. The van der Waals surface area contributed by atoms with Crippen LogP contribution in [0.1, 0.15) is 28.9 Å². The fourth-order valence-corrected chi connectivity index (χ4v) is 3.59. The van der Waals surface area contributed by atoms with Crippen molar-refractivity contribution >= 4 is 5.91 Å². The van der Waals surface area contributed by atoms with Gasteiger partial charge in [0.1, 0.15) is 5.69 Å². The van der Waals surface area contributed by atoms with Gasteiger partial charge in [0.05, 0.1) is 12.5 Å². The Bertz CT molecular complexity index is 868. The third-order valence-electron chi connectivity index (χ3n) is 5.08. The number of imidazole rings is 1. The smallest absolute Gasteiger partial charge is 0.270 e. The molecule has 1 aliphatic heterocycles. The standard InChI is InChI=1S/C22H24N4O/c27-22(21-15-23-17-26(21)20-9-5-2-6-10-20)24-19-11-13-25(14-12-19)16-18-7-3-1-4-8-18/h1-10,15,17,19H,11-14,16H2,(H,24,27). The molecule has 5 nitrogen and oxygen atoms in total. The average Bonchev–Trinajstić information content (AvgIpc) is 3.21. The number of benzene rings is 2. The van der Waals surface area contributed by atoms with Crippen LogP contribution in [0.4, 0.5) is 0 Å². The topological polar surface area (TPSA) is 50.2 Å². The summed E-state index contributed by atoms with van der Waals surface area (Å²) in [5, 5.41) is 3.19. The summed E-state index contributed by atoms with van der Waals surface area (Å²) >= 11 is 0. The van der Waals surface area contributed by atoms with Gasteiger partial charge in [-0.15, -0.1) is 0 Å². The van der Waals surface area contributed by atoms with Crippen LogP contribution in [0.5, 0.6) is 0 Å². The summed E-state index contributed by atoms with van der Waals surface area (Å²) in [6, 6.07) is 20.6. The lowest BCUT2D eigenvalue weighted by atomic mass is 10.0. The number of hydrogen-bond donors (Lipinski definition) is 1. The molecule has 1 aliphatic rings. The Morgan fingerprint density at radius 1 is 1.00 bits per heavy atom. The molecule has 0 saturated carbocycles. The lowest BCUT2D eigenvalue weighted by molar-refractivity contribution is 0.0902. The summed E-state index contributed by atoms with van der Waals surface area (Å²) in [5.41, 5.74) is 2.86. The van der Waals surface area contributed by atoms with Gasteiger partial charge in [-0.3, -0.25) is 14.3 Å². The van der Waals surface area contributed by atoms with Gasteiger partial charge in [0.25, 0.3) is 5.91 Å². The molecule has 2 heterocycles. The second kappa shape index (κ2) is 8.18. The molecule has 0 aliphatic carbocycles. The molecule has 3 aromatic rings. The zero-order valence-corrected chi connectivity index (χ0v) is 15.3. The van der Waals surface area contributed by atoms with Crippen LogP contribution in [0.25, 0.3) is 5.69 Å². The maximum Gasteiger partial charge on any atom is 0.270 e. The lowest BCUT2D eigenvalue weighted by Gasteiger charge is -2.32. The zero-order chi connectivity index (χ0) is 18.5. The van der Waals surface area contributed by atoms with E-state index in [-0.39, 0.29) is 11.9 Å². The Labute approximate surface area is 159 Å². The first-order chi connectivity index (χ1) is 13.3. The molecular formula is C22H24N4O. The number of carbonyl (C=O) groups excluding carboxylic acids is 1. The molecule has 5 heteroatoms. The first-order valence-electron chi connectivity index (χ1n) is 9.44. The molecule has 27 heavy (non-hydrogen) atoms. The molecule has 1 saturated heterocycles. The normalized spacial score (nSPS) is 15.6. The molecule has 0 atom stereocenters. The van der Waals surface area contributed by atoms with E-state index in [2.05, 4.69) is 39.5 Å². The number of nitrogens with zero attached hydrogens (tertiary/aromatic N) is 3. The van der Waals surface area contributed by atoms with E-state index in [1.807, 2.05) is 41.0 Å². The van der Waals surface area contributed by atoms with Crippen molar-refractivity contribution in [1.29, 1.82) is 0 Å². The minimum Gasteiger partial charge on any atom is -0.348 e. The van der Waals surface area contributed by atoms with Crippen LogP contribution in [-0.2, 0) is 6.54 Å². The molecule has 1 aromatic heterocycles. The van der Waals surface area contributed by atoms with Crippen LogP contribution in [-0.4, -0.2) is 39.5 Å². The molecule has 1 fully saturated rings. The van der Waals surface area contributed by atoms with Gasteiger partial charge >= 0.3 is 0 Å². The number of carbonyl (C=O) groups is 1. The monoisotopic (exact) mass is 360 g/mol. The third-order valence-corrected chi connectivity index (χ3v) is 5.08. The van der Waals surface area contributed by atoms with E-state index in [1.54, 1.807) is 12.5 Å². The Morgan fingerprint density at radius 2 is 1.67 bits per heavy atom. The van der Waals surface area contributed by atoms with E-state index in [1.165, 1.54) is 5.56 Å². The van der Waals surface area contributed by atoms with Crippen molar-refractivity contribution in [2.45, 2.75) is 25.4 Å². The Kier molecular flexibility index (Phi) is 5.30. The van der Waals surface area contributed by atoms with E-state index in [0.717, 1.165) is 38.2 Å². The van der Waals surface area contributed by atoms with E-state index >= 15 is 0 Å². The first-order valence-corrected chi connectivity index (χ1v) is 9.44. The highest BCUT2D eigenvalue weighted by atomic mass is 16.2. The molecule has 0 radical (unpaired) electrons. The summed E-state index contributed by atoms with van der Waals surface area (Å²) < 4.78 is 1.83. The maximum absolute atomic E-state index is 12.8. The van der Waals surface area contributed by atoms with Gasteiger partial charge in [0, 0.05) is 31.4 Å². The molecule has 4 rings (SSSR count). The summed E-state index contributed by atoms with van der Waals surface area (Å²) in [7, 11) is 0. The fraction of sp³-hybridized carbons (Fsp3) is 0.273. The van der Waals surface area contributed by atoms with Crippen LogP contribution < -0.4 is 5.32 Å². The molecule has 1 N–H and O–H groups in total. The number of rotatable bonds is 5. The number of amides is 1. The van der Waals surface area contributed by atoms with Crippen molar-refractivity contribution in [2.75, 3.05) is 13.1 Å². The molecule has 2 aromatic carbocycles. The van der Waals surface area contributed by atoms with Gasteiger partial charge in [-0.05, 0) is 30.5 Å². The van der Waals surface area contributed by atoms with E-state index < -0.39 is 0 Å². The number of hydrogen-bond acceptors (Lipinski definition) is 3. The van der Waals surface area contributed by atoms with Crippen molar-refractivity contribution < 1.29 is 4.79 Å². The number of nitrogens with one attached hydrogen (secondary N) is 1. The molecule has 0 bridgehead atoms. The summed E-state index contributed by atoms with van der Waals surface area (Å²) in [6.07, 6.45) is 5.26. The zero-order valence-electron chi connectivity index (χ0n) is 15.3. The largest absolute Gasteiger partial charge is 0.348 e. The number of para-hydroxylation sites is 1. The Morgan fingerprint density at radius 3 is 2.37 bits per heavy atom. The van der Waals surface area contributed by atoms with Crippen molar-refractivity contribution in [3.63, 3.8) is 0 Å². The van der Waals surface area contributed by atoms with Gasteiger partial charge in [-0.2, -0.15) is 0 Å². The van der Waals surface area contributed by atoms with Crippen LogP contribution >= 0.6 is 0 Å². The second-order valence-corrected chi connectivity index (χ2v) is 6.99. The predicted octanol–water partition coefficient (Wildman–Crippen LogP) is 3.27. The van der Waals surface area contributed by atoms with Gasteiger partial charge in [-0.1, -0.05) is 48.5 Å². The summed E-state index contributed by atoms with van der Waals surface area (Å²) in [6.45, 7) is 2.97. The van der Waals surface area contributed by atoms with Gasteiger partial charge < -0.3 is 5.32 Å². The van der Waals surface area contributed by atoms with Gasteiger partial charge in [0.15, 0.2) is 0 Å². The van der Waals surface area contributed by atoms with Crippen LogP contribution in [0.2, 0.25) is 0 Å². The lowest BCUT2D eigenvalue weighted by Crippen LogP contribution is -2.44. The third kappa shape index (κ3) is 4.26. The second-order valence-electron chi connectivity index (χ2n) is 6.99. The molecule has 0 spiro atoms. The van der Waals surface area contributed by atoms with Crippen molar-refractivity contribution in [3.8, 4) is 5.69 Å². The van der Waals surface area contributed by atoms with Crippen molar-refractivity contribution in [2.24, 2.45) is 0 Å². The number of likely N-dealkylation sites (tertiary alicyclic amines) is 1. The van der Waals surface area contributed by atoms with Crippen molar-refractivity contribution in [3.05, 3.63) is 84.4 Å². The molecule has 0 unspecified atom stereocenters. The van der Waals surface area contributed by atoms with Crippen LogP contribution in [0.15, 0.2) is 73.2 Å². The quantitative estimate of drug-likeness (QED) is 0.760. The molecular weight excluding hydrogens is 336 g/mol. The van der Waals surface area contributed by atoms with Crippen LogP contribution in [0.3, 0.4) is 0 Å². The van der Waals surface area contributed by atoms with Crippen molar-refractivity contribution in [1.82, 2.24) is 19.8 Å². The van der Waals surface area contributed by atoms with Crippen LogP contribution in [0, 0.1) is 0 Å². The number of aromatic nitrogens is 2. The first kappa shape index (κ1) is 17.5. The molecule has 138 valence electrons. The number of piperidine rings is 1. The Hall–Kier alpha value is -2.92. The SMILES string of the molecule is O=C(NC1CCN(Cc2ccccc2)CC1)c1cncn1-c1ccccc1. The van der Waals surface area contributed by atoms with E-state index in [4.69, 9.17) is 0 Å². The minimum atomic E-state index is -0.0575. The van der Waals surface area contributed by atoms with Gasteiger partial charge in [0.2, 0.25) is 0 Å². The van der Waals surface area contributed by atoms with E-state index in [0.29, 0.717) is 5.69 Å². The maximum atomic E-state index is 12.8. The fourth-order valence-electron chi connectivity index (χ4n) is 3.59. The van der Waals surface area contributed by atoms with E-state index in [9.17, 15) is 4.79 Å². The van der Waals surface area contributed by atoms with Gasteiger partial charge in [-0.25, -0.2) is 4.98 Å². The molecule has 1 amide bonds. The minimum absolute atomic E-state index is 0.0575. The highest BCUT2D eigenvalue weighted by Crippen LogP contribution is 2.15. The Balaban J connectivity index is 1.33. The summed E-state index contributed by atoms with van der Waals surface area (Å²) in [5.74, 6) is -0.0575. The average molecular weight is 360 g/mol. The highest BCUT2D eigenvalue weighted by molar-refractivity contribution is 5.93. The summed E-state index contributed by atoms with van der Waals surface area (Å²) in [4.78, 5) is 19.4.